The average molecular weight is 480 g/mol. The van der Waals surface area contributed by atoms with Gasteiger partial charge in [0.05, 0.1) is 19.1 Å². The van der Waals surface area contributed by atoms with Crippen molar-refractivity contribution in [3.05, 3.63) is 108 Å². The highest BCUT2D eigenvalue weighted by Gasteiger charge is 2.22. The molecule has 1 amide bonds. The molecule has 0 radical (unpaired) electrons. The molecule has 1 fully saturated rings. The number of rotatable bonds is 7. The second kappa shape index (κ2) is 11.0. The van der Waals surface area contributed by atoms with E-state index in [1.807, 2.05) is 97.9 Å². The fraction of sp³-hybridized carbons (Fsp3) is 0.207. The lowest BCUT2D eigenvalue weighted by atomic mass is 9.90. The zero-order valence-electron chi connectivity index (χ0n) is 20.2. The molecule has 1 aliphatic rings. The lowest BCUT2D eigenvalue weighted by Gasteiger charge is -2.28. The first-order chi connectivity index (χ1) is 17.7. The number of hydrogen-bond acceptors (Lipinski definition) is 6. The van der Waals surface area contributed by atoms with Crippen LogP contribution in [0.2, 0.25) is 0 Å². The molecule has 0 aliphatic carbocycles. The number of nitrogens with zero attached hydrogens (tertiary/aromatic N) is 3. The van der Waals surface area contributed by atoms with Crippen LogP contribution in [-0.4, -0.2) is 42.2 Å². The second-order valence-electron chi connectivity index (χ2n) is 8.70. The average Bonchev–Trinajstić information content (AvgIpc) is 2.91. The van der Waals surface area contributed by atoms with Crippen molar-refractivity contribution in [2.75, 3.05) is 41.8 Å². The van der Waals surface area contributed by atoms with Gasteiger partial charge < -0.3 is 20.3 Å². The van der Waals surface area contributed by atoms with Gasteiger partial charge in [-0.05, 0) is 42.3 Å². The highest BCUT2D eigenvalue weighted by atomic mass is 16.5. The van der Waals surface area contributed by atoms with Crippen LogP contribution in [-0.2, 0) is 9.53 Å². The van der Waals surface area contributed by atoms with Crippen LogP contribution in [0, 0.1) is 6.92 Å². The Morgan fingerprint density at radius 2 is 1.42 bits per heavy atom. The summed E-state index contributed by atoms with van der Waals surface area (Å²) in [5.74, 6) is 1.86. The minimum atomic E-state index is -0.396. The standard InChI is InChI=1S/C29H29N5O2/c1-21-30-26(20-27(31-21)34-16-18-36-19-17-34)32-24-12-14-25(15-13-24)33-29(35)28(22-8-4-2-5-9-22)23-10-6-3-7-11-23/h2-15,20,28H,16-19H2,1H3,(H,33,35)(H,30,31,32). The molecule has 0 spiro atoms. The molecule has 0 bridgehead atoms. The first-order valence-electron chi connectivity index (χ1n) is 12.1. The van der Waals surface area contributed by atoms with Gasteiger partial charge in [0, 0.05) is 30.5 Å². The maximum atomic E-state index is 13.4. The van der Waals surface area contributed by atoms with Gasteiger partial charge in [-0.25, -0.2) is 9.97 Å². The third-order valence-electron chi connectivity index (χ3n) is 6.11. The molecule has 5 rings (SSSR count). The summed E-state index contributed by atoms with van der Waals surface area (Å²) in [6.07, 6.45) is 0. The number of morpholine rings is 1. The van der Waals surface area contributed by atoms with Crippen molar-refractivity contribution in [1.29, 1.82) is 0 Å². The second-order valence-corrected chi connectivity index (χ2v) is 8.70. The van der Waals surface area contributed by atoms with Gasteiger partial charge in [0.2, 0.25) is 5.91 Å². The predicted molar refractivity (Wildman–Crippen MR) is 143 cm³/mol. The third-order valence-corrected chi connectivity index (χ3v) is 6.11. The van der Waals surface area contributed by atoms with Gasteiger partial charge in [0.25, 0.3) is 0 Å². The number of hydrogen-bond donors (Lipinski definition) is 2. The Balaban J connectivity index is 1.29. The summed E-state index contributed by atoms with van der Waals surface area (Å²) < 4.78 is 5.45. The topological polar surface area (TPSA) is 79.4 Å². The van der Waals surface area contributed by atoms with E-state index in [4.69, 9.17) is 4.74 Å². The van der Waals surface area contributed by atoms with E-state index in [1.54, 1.807) is 0 Å². The molecule has 0 saturated carbocycles. The van der Waals surface area contributed by atoms with E-state index in [1.165, 1.54) is 0 Å². The number of amides is 1. The molecule has 7 nitrogen and oxygen atoms in total. The number of carbonyl (C=O) groups is 1. The van der Waals surface area contributed by atoms with Gasteiger partial charge in [-0.3, -0.25) is 4.79 Å². The Morgan fingerprint density at radius 1 is 0.833 bits per heavy atom. The zero-order chi connectivity index (χ0) is 24.7. The molecule has 2 heterocycles. The molecular weight excluding hydrogens is 450 g/mol. The minimum absolute atomic E-state index is 0.0744. The van der Waals surface area contributed by atoms with Crippen molar-refractivity contribution in [3.63, 3.8) is 0 Å². The summed E-state index contributed by atoms with van der Waals surface area (Å²) in [7, 11) is 0. The number of carbonyl (C=O) groups excluding carboxylic acids is 1. The smallest absolute Gasteiger partial charge is 0.236 e. The van der Waals surface area contributed by atoms with Crippen molar-refractivity contribution in [2.24, 2.45) is 0 Å². The summed E-state index contributed by atoms with van der Waals surface area (Å²) in [6.45, 7) is 4.93. The van der Waals surface area contributed by atoms with Crippen molar-refractivity contribution in [3.8, 4) is 0 Å². The van der Waals surface area contributed by atoms with Crippen LogP contribution in [0.15, 0.2) is 91.0 Å². The van der Waals surface area contributed by atoms with Crippen LogP contribution in [0.4, 0.5) is 23.0 Å². The Kier molecular flexibility index (Phi) is 7.19. The molecule has 182 valence electrons. The van der Waals surface area contributed by atoms with Crippen molar-refractivity contribution in [1.82, 2.24) is 9.97 Å². The van der Waals surface area contributed by atoms with Gasteiger partial charge in [0.15, 0.2) is 0 Å². The highest BCUT2D eigenvalue weighted by Crippen LogP contribution is 2.27. The Morgan fingerprint density at radius 3 is 2.03 bits per heavy atom. The lowest BCUT2D eigenvalue weighted by molar-refractivity contribution is -0.116. The number of aromatic nitrogens is 2. The van der Waals surface area contributed by atoms with E-state index in [-0.39, 0.29) is 5.91 Å². The van der Waals surface area contributed by atoms with E-state index < -0.39 is 5.92 Å². The molecule has 0 atom stereocenters. The lowest BCUT2D eigenvalue weighted by Crippen LogP contribution is -2.36. The maximum absolute atomic E-state index is 13.4. The maximum Gasteiger partial charge on any atom is 0.236 e. The fourth-order valence-electron chi connectivity index (χ4n) is 4.36. The molecule has 1 aliphatic heterocycles. The number of nitrogens with one attached hydrogen (secondary N) is 2. The Bertz CT molecular complexity index is 1250. The molecule has 0 unspecified atom stereocenters. The molecular formula is C29H29N5O2. The van der Waals surface area contributed by atoms with Crippen LogP contribution in [0.3, 0.4) is 0 Å². The number of benzene rings is 3. The van der Waals surface area contributed by atoms with E-state index in [9.17, 15) is 4.79 Å². The normalized spacial score (nSPS) is 13.4. The Hall–Kier alpha value is -4.23. The monoisotopic (exact) mass is 479 g/mol. The Labute approximate surface area is 211 Å². The first-order valence-corrected chi connectivity index (χ1v) is 12.1. The molecule has 7 heteroatoms. The SMILES string of the molecule is Cc1nc(Nc2ccc(NC(=O)C(c3ccccc3)c3ccccc3)cc2)cc(N2CCOCC2)n1. The van der Waals surface area contributed by atoms with Gasteiger partial charge in [0.1, 0.15) is 17.5 Å². The van der Waals surface area contributed by atoms with E-state index in [0.717, 1.165) is 47.2 Å². The van der Waals surface area contributed by atoms with Crippen LogP contribution >= 0.6 is 0 Å². The van der Waals surface area contributed by atoms with Crippen LogP contribution in [0.1, 0.15) is 22.9 Å². The predicted octanol–water partition coefficient (Wildman–Crippen LogP) is 5.14. The highest BCUT2D eigenvalue weighted by molar-refractivity contribution is 5.98. The first kappa shape index (κ1) is 23.5. The van der Waals surface area contributed by atoms with Gasteiger partial charge in [-0.1, -0.05) is 60.7 Å². The van der Waals surface area contributed by atoms with Crippen molar-refractivity contribution >= 4 is 28.9 Å². The molecule has 2 N–H and O–H groups in total. The largest absolute Gasteiger partial charge is 0.378 e. The van der Waals surface area contributed by atoms with E-state index >= 15 is 0 Å². The van der Waals surface area contributed by atoms with Gasteiger partial charge in [-0.15, -0.1) is 0 Å². The summed E-state index contributed by atoms with van der Waals surface area (Å²) in [5.41, 5.74) is 3.52. The fourth-order valence-corrected chi connectivity index (χ4v) is 4.36. The van der Waals surface area contributed by atoms with Crippen LogP contribution in [0.25, 0.3) is 0 Å². The van der Waals surface area contributed by atoms with Gasteiger partial charge >= 0.3 is 0 Å². The molecule has 4 aromatic rings. The number of anilines is 4. The number of aryl methyl sites for hydroxylation is 1. The summed E-state index contributed by atoms with van der Waals surface area (Å²) in [4.78, 5) is 24.7. The zero-order valence-corrected chi connectivity index (χ0v) is 20.2. The van der Waals surface area contributed by atoms with Crippen molar-refractivity contribution in [2.45, 2.75) is 12.8 Å². The summed E-state index contributed by atoms with van der Waals surface area (Å²) >= 11 is 0. The minimum Gasteiger partial charge on any atom is -0.378 e. The van der Waals surface area contributed by atoms with E-state index in [2.05, 4.69) is 25.5 Å². The third kappa shape index (κ3) is 5.70. The van der Waals surface area contributed by atoms with Gasteiger partial charge in [-0.2, -0.15) is 0 Å². The van der Waals surface area contributed by atoms with Crippen LogP contribution in [0.5, 0.6) is 0 Å². The van der Waals surface area contributed by atoms with Crippen molar-refractivity contribution < 1.29 is 9.53 Å². The summed E-state index contributed by atoms with van der Waals surface area (Å²) in [5, 5.41) is 6.44. The molecule has 3 aromatic carbocycles. The molecule has 36 heavy (non-hydrogen) atoms. The molecule has 1 saturated heterocycles. The summed E-state index contributed by atoms with van der Waals surface area (Å²) in [6, 6.07) is 29.3. The number of ether oxygens (including phenoxy) is 1. The quantitative estimate of drug-likeness (QED) is 0.382. The van der Waals surface area contributed by atoms with E-state index in [0.29, 0.717) is 19.0 Å². The molecule has 1 aromatic heterocycles. The van der Waals surface area contributed by atoms with Crippen LogP contribution < -0.4 is 15.5 Å².